The fourth-order valence-corrected chi connectivity index (χ4v) is 1.48. The van der Waals surface area contributed by atoms with E-state index in [4.69, 9.17) is 5.73 Å². The summed E-state index contributed by atoms with van der Waals surface area (Å²) in [6.45, 7) is 0.701. The van der Waals surface area contributed by atoms with Crippen LogP contribution in [-0.2, 0) is 0 Å². The molecule has 0 fully saturated rings. The molecule has 0 bridgehead atoms. The second-order valence-electron chi connectivity index (χ2n) is 3.98. The lowest BCUT2D eigenvalue weighted by atomic mass is 10.3. The summed E-state index contributed by atoms with van der Waals surface area (Å²) in [4.78, 5) is 14.1. The fraction of sp³-hybridized carbons (Fsp3) is 0.364. The molecule has 0 saturated heterocycles. The van der Waals surface area contributed by atoms with Gasteiger partial charge in [-0.2, -0.15) is 15.0 Å². The van der Waals surface area contributed by atoms with E-state index < -0.39 is 0 Å². The van der Waals surface area contributed by atoms with Gasteiger partial charge in [-0.25, -0.2) is 0 Å². The minimum atomic E-state index is 0.224. The van der Waals surface area contributed by atoms with Crippen molar-refractivity contribution >= 4 is 17.8 Å². The first-order valence-electron chi connectivity index (χ1n) is 5.43. The maximum Gasteiger partial charge on any atom is 0.231 e. The summed E-state index contributed by atoms with van der Waals surface area (Å²) in [5.74, 6) is 1.28. The standard InChI is InChI=1S/C11H16N6/c1-17(2)11-15-9(12)14-10(16-11)13-7-8-5-3-4-6-8/h3,5-6H,4,7H2,1-2H3,(H3,12,13,14,15,16). The Balaban J connectivity index is 2.07. The average Bonchev–Trinajstić information content (AvgIpc) is 2.78. The van der Waals surface area contributed by atoms with Gasteiger partial charge >= 0.3 is 0 Å². The molecule has 6 heteroatoms. The molecule has 1 aromatic heterocycles. The van der Waals surface area contributed by atoms with Crippen LogP contribution in [0.15, 0.2) is 23.8 Å². The number of hydrogen-bond donors (Lipinski definition) is 2. The van der Waals surface area contributed by atoms with E-state index in [9.17, 15) is 0 Å². The van der Waals surface area contributed by atoms with E-state index in [1.807, 2.05) is 14.1 Å². The Morgan fingerprint density at radius 3 is 2.82 bits per heavy atom. The molecule has 17 heavy (non-hydrogen) atoms. The highest BCUT2D eigenvalue weighted by atomic mass is 15.3. The van der Waals surface area contributed by atoms with Crippen LogP contribution in [0.25, 0.3) is 0 Å². The highest BCUT2D eigenvalue weighted by Gasteiger charge is 2.06. The van der Waals surface area contributed by atoms with Crippen LogP contribution >= 0.6 is 0 Å². The minimum Gasteiger partial charge on any atom is -0.368 e. The average molecular weight is 232 g/mol. The summed E-state index contributed by atoms with van der Waals surface area (Å²) in [7, 11) is 3.72. The molecular weight excluding hydrogens is 216 g/mol. The third-order valence-electron chi connectivity index (χ3n) is 2.34. The van der Waals surface area contributed by atoms with Crippen LogP contribution in [0, 0.1) is 0 Å². The largest absolute Gasteiger partial charge is 0.368 e. The van der Waals surface area contributed by atoms with Gasteiger partial charge in [0.2, 0.25) is 17.8 Å². The van der Waals surface area contributed by atoms with Crippen LogP contribution in [0.3, 0.4) is 0 Å². The van der Waals surface area contributed by atoms with Gasteiger partial charge in [0.25, 0.3) is 0 Å². The van der Waals surface area contributed by atoms with Crippen molar-refractivity contribution in [2.45, 2.75) is 6.42 Å². The number of rotatable bonds is 4. The van der Waals surface area contributed by atoms with E-state index in [-0.39, 0.29) is 5.95 Å². The Bertz CT molecular complexity index is 463. The molecule has 2 rings (SSSR count). The normalized spacial score (nSPS) is 13.6. The first-order chi connectivity index (χ1) is 8.15. The lowest BCUT2D eigenvalue weighted by molar-refractivity contribution is 0.960. The number of aromatic nitrogens is 3. The van der Waals surface area contributed by atoms with Gasteiger partial charge in [-0.3, -0.25) is 0 Å². The number of nitrogens with zero attached hydrogens (tertiary/aromatic N) is 4. The summed E-state index contributed by atoms with van der Waals surface area (Å²) in [5, 5.41) is 3.13. The third kappa shape index (κ3) is 2.93. The monoisotopic (exact) mass is 232 g/mol. The Labute approximate surface area is 100 Å². The molecule has 90 valence electrons. The number of anilines is 3. The summed E-state index contributed by atoms with van der Waals surface area (Å²) in [6.07, 6.45) is 7.36. The molecule has 0 amide bonds. The first kappa shape index (κ1) is 11.4. The number of hydrogen-bond acceptors (Lipinski definition) is 6. The molecule has 1 heterocycles. The van der Waals surface area contributed by atoms with Gasteiger partial charge in [0, 0.05) is 20.6 Å². The smallest absolute Gasteiger partial charge is 0.231 e. The van der Waals surface area contributed by atoms with Gasteiger partial charge in [0.1, 0.15) is 0 Å². The van der Waals surface area contributed by atoms with Gasteiger partial charge in [-0.1, -0.05) is 18.2 Å². The molecule has 0 unspecified atom stereocenters. The summed E-state index contributed by atoms with van der Waals surface area (Å²) >= 11 is 0. The van der Waals surface area contributed by atoms with E-state index in [2.05, 4.69) is 38.5 Å². The Hall–Kier alpha value is -2.11. The highest BCUT2D eigenvalue weighted by Crippen LogP contribution is 2.12. The van der Waals surface area contributed by atoms with Crippen LogP contribution < -0.4 is 16.0 Å². The number of nitrogens with one attached hydrogen (secondary N) is 1. The van der Waals surface area contributed by atoms with Crippen LogP contribution in [-0.4, -0.2) is 35.6 Å². The number of allylic oxidation sites excluding steroid dienone is 2. The predicted molar refractivity (Wildman–Crippen MR) is 68.9 cm³/mol. The van der Waals surface area contributed by atoms with Crippen LogP contribution in [0.4, 0.5) is 17.8 Å². The number of nitrogen functional groups attached to an aromatic ring is 1. The fourth-order valence-electron chi connectivity index (χ4n) is 1.48. The maximum absolute atomic E-state index is 5.62. The van der Waals surface area contributed by atoms with Crippen LogP contribution in [0.1, 0.15) is 6.42 Å². The van der Waals surface area contributed by atoms with Gasteiger partial charge in [0.15, 0.2) is 0 Å². The van der Waals surface area contributed by atoms with Crippen molar-refractivity contribution in [3.63, 3.8) is 0 Å². The van der Waals surface area contributed by atoms with Crippen molar-refractivity contribution in [2.75, 3.05) is 36.6 Å². The van der Waals surface area contributed by atoms with E-state index in [0.29, 0.717) is 18.4 Å². The quantitative estimate of drug-likeness (QED) is 0.800. The predicted octanol–water partition coefficient (Wildman–Crippen LogP) is 0.818. The summed E-state index contributed by atoms with van der Waals surface area (Å²) in [6, 6.07) is 0. The Morgan fingerprint density at radius 2 is 2.18 bits per heavy atom. The molecule has 0 saturated carbocycles. The van der Waals surface area contributed by atoms with Crippen molar-refractivity contribution in [3.05, 3.63) is 23.8 Å². The van der Waals surface area contributed by atoms with Gasteiger partial charge < -0.3 is 16.0 Å². The zero-order chi connectivity index (χ0) is 12.3. The zero-order valence-electron chi connectivity index (χ0n) is 10.0. The number of nitrogens with two attached hydrogens (primary N) is 1. The van der Waals surface area contributed by atoms with Crippen molar-refractivity contribution in [1.82, 2.24) is 15.0 Å². The molecule has 3 N–H and O–H groups in total. The molecule has 0 radical (unpaired) electrons. The third-order valence-corrected chi connectivity index (χ3v) is 2.34. The van der Waals surface area contributed by atoms with Crippen LogP contribution in [0.2, 0.25) is 0 Å². The van der Waals surface area contributed by atoms with Crippen molar-refractivity contribution < 1.29 is 0 Å². The molecule has 0 spiro atoms. The van der Waals surface area contributed by atoms with E-state index >= 15 is 0 Å². The SMILES string of the molecule is CN(C)c1nc(N)nc(NCC2=CCC=C2)n1. The molecule has 6 nitrogen and oxygen atoms in total. The van der Waals surface area contributed by atoms with Gasteiger partial charge in [-0.15, -0.1) is 0 Å². The molecule has 0 aromatic carbocycles. The second-order valence-corrected chi connectivity index (χ2v) is 3.98. The van der Waals surface area contributed by atoms with E-state index in [0.717, 1.165) is 6.42 Å². The lowest BCUT2D eigenvalue weighted by Gasteiger charge is -2.12. The van der Waals surface area contributed by atoms with E-state index in [1.54, 1.807) is 4.90 Å². The summed E-state index contributed by atoms with van der Waals surface area (Å²) in [5.41, 5.74) is 6.86. The van der Waals surface area contributed by atoms with Crippen molar-refractivity contribution in [2.24, 2.45) is 0 Å². The Kier molecular flexibility index (Phi) is 3.22. The maximum atomic E-state index is 5.62. The molecule has 1 aromatic rings. The minimum absolute atomic E-state index is 0.224. The van der Waals surface area contributed by atoms with Gasteiger partial charge in [-0.05, 0) is 12.0 Å². The molecule has 0 aliphatic heterocycles. The Morgan fingerprint density at radius 1 is 1.35 bits per heavy atom. The zero-order valence-corrected chi connectivity index (χ0v) is 10.0. The topological polar surface area (TPSA) is 80.0 Å². The van der Waals surface area contributed by atoms with Crippen molar-refractivity contribution in [3.8, 4) is 0 Å². The van der Waals surface area contributed by atoms with E-state index in [1.165, 1.54) is 5.57 Å². The first-order valence-corrected chi connectivity index (χ1v) is 5.43. The highest BCUT2D eigenvalue weighted by molar-refractivity contribution is 5.42. The molecule has 0 atom stereocenters. The van der Waals surface area contributed by atoms with Crippen LogP contribution in [0.5, 0.6) is 0 Å². The summed E-state index contributed by atoms with van der Waals surface area (Å²) < 4.78 is 0. The second kappa shape index (κ2) is 4.82. The van der Waals surface area contributed by atoms with Crippen molar-refractivity contribution in [1.29, 1.82) is 0 Å². The lowest BCUT2D eigenvalue weighted by Crippen LogP contribution is -2.17. The molecule has 1 aliphatic carbocycles. The van der Waals surface area contributed by atoms with Gasteiger partial charge in [0.05, 0.1) is 0 Å². The molecular formula is C11H16N6. The molecule has 1 aliphatic rings.